The second-order valence-electron chi connectivity index (χ2n) is 12.0. The van der Waals surface area contributed by atoms with E-state index in [1.54, 1.807) is 0 Å². The van der Waals surface area contributed by atoms with Gasteiger partial charge in [0.05, 0.1) is 0 Å². The van der Waals surface area contributed by atoms with Gasteiger partial charge in [0.15, 0.2) is 0 Å². The van der Waals surface area contributed by atoms with Gasteiger partial charge in [-0.1, -0.05) is 38.1 Å². The Balaban J connectivity index is 1.52. The third-order valence-electron chi connectivity index (χ3n) is 8.75. The predicted molar refractivity (Wildman–Crippen MR) is 133 cm³/mol. The molecule has 4 saturated carbocycles. The highest BCUT2D eigenvalue weighted by Crippen LogP contribution is 2.62. The van der Waals surface area contributed by atoms with Gasteiger partial charge in [-0.15, -0.1) is 0 Å². The van der Waals surface area contributed by atoms with Gasteiger partial charge in [0.25, 0.3) is 0 Å². The van der Waals surface area contributed by atoms with E-state index >= 15 is 0 Å². The van der Waals surface area contributed by atoms with E-state index in [9.17, 15) is 0 Å². The van der Waals surface area contributed by atoms with Gasteiger partial charge in [0.2, 0.25) is 0 Å². The van der Waals surface area contributed by atoms with Crippen molar-refractivity contribution in [3.8, 4) is 16.9 Å². The van der Waals surface area contributed by atoms with E-state index in [0.29, 0.717) is 11.3 Å². The van der Waals surface area contributed by atoms with Crippen LogP contribution in [0, 0.1) is 24.7 Å². The van der Waals surface area contributed by atoms with Crippen molar-refractivity contribution < 1.29 is 9.31 Å². The molecule has 5 aliphatic rings. The minimum absolute atomic E-state index is 0.116. The van der Waals surface area contributed by atoms with Gasteiger partial charge in [0, 0.05) is 17.1 Å². The highest BCUT2D eigenvalue weighted by Gasteiger charge is 2.53. The molecule has 3 heteroatoms. The molecule has 0 saturated heterocycles. The molecule has 0 aromatic heterocycles. The molecule has 2 aromatic carbocycles. The molecular formula is C29H37BO2. The summed E-state index contributed by atoms with van der Waals surface area (Å²) in [7, 11) is -0.327. The van der Waals surface area contributed by atoms with Crippen LogP contribution in [0.15, 0.2) is 30.3 Å². The summed E-state index contributed by atoms with van der Waals surface area (Å²) in [6, 6.07) is 11.8. The van der Waals surface area contributed by atoms with Crippen molar-refractivity contribution in [2.75, 3.05) is 0 Å². The summed E-state index contributed by atoms with van der Waals surface area (Å²) in [6.07, 6.45) is 8.58. The Bertz CT molecular complexity index is 1020. The molecule has 0 amide bonds. The fourth-order valence-corrected chi connectivity index (χ4v) is 7.83. The molecule has 168 valence electrons. The molecule has 4 aliphatic carbocycles. The molecule has 4 bridgehead atoms. The van der Waals surface area contributed by atoms with Crippen molar-refractivity contribution in [2.45, 2.75) is 90.6 Å². The van der Waals surface area contributed by atoms with E-state index in [4.69, 9.17) is 9.31 Å². The Morgan fingerprint density at radius 1 is 0.906 bits per heavy atom. The molecule has 7 rings (SSSR count). The smallest absolute Gasteiger partial charge is 0.532 e. The Morgan fingerprint density at radius 2 is 1.56 bits per heavy atom. The Labute approximate surface area is 194 Å². The van der Waals surface area contributed by atoms with Gasteiger partial charge in [0.1, 0.15) is 5.75 Å². The van der Waals surface area contributed by atoms with E-state index < -0.39 is 0 Å². The first kappa shape index (κ1) is 20.8. The third kappa shape index (κ3) is 3.26. The molecule has 2 aromatic rings. The molecule has 1 heterocycles. The topological polar surface area (TPSA) is 18.5 Å². The summed E-state index contributed by atoms with van der Waals surface area (Å²) in [6.45, 7) is 11.0. The average Bonchev–Trinajstić information content (AvgIpc) is 2.72. The lowest BCUT2D eigenvalue weighted by molar-refractivity contribution is -0.00593. The van der Waals surface area contributed by atoms with Gasteiger partial charge >= 0.3 is 7.12 Å². The van der Waals surface area contributed by atoms with Crippen LogP contribution in [0.2, 0.25) is 0 Å². The van der Waals surface area contributed by atoms with Crippen LogP contribution in [-0.2, 0) is 10.1 Å². The standard InChI is InChI=1S/C29H37BO2/c1-17(2)23-6-7-24-25-8-19(5)9-26(28(25)32-30(27(24)13-23)31-18(3)4)29-14-20-10-21(15-29)12-22(11-20)16-29/h6-9,13,17-18,20-22H,10-12,14-16H2,1-5H3. The van der Waals surface area contributed by atoms with Gasteiger partial charge in [-0.3, -0.25) is 0 Å². The Morgan fingerprint density at radius 3 is 2.16 bits per heavy atom. The van der Waals surface area contributed by atoms with Gasteiger partial charge in [-0.25, -0.2) is 0 Å². The summed E-state index contributed by atoms with van der Waals surface area (Å²) in [5.41, 5.74) is 8.28. The quantitative estimate of drug-likeness (QED) is 0.501. The van der Waals surface area contributed by atoms with Crippen LogP contribution in [0.1, 0.15) is 88.8 Å². The molecule has 0 radical (unpaired) electrons. The number of fused-ring (bicyclic) bond motifs is 3. The van der Waals surface area contributed by atoms with E-state index in [1.807, 2.05) is 0 Å². The molecule has 0 atom stereocenters. The zero-order valence-electron chi connectivity index (χ0n) is 20.4. The fraction of sp³-hybridized carbons (Fsp3) is 0.586. The fourth-order valence-electron chi connectivity index (χ4n) is 7.83. The molecule has 1 aliphatic heterocycles. The van der Waals surface area contributed by atoms with Crippen molar-refractivity contribution in [2.24, 2.45) is 17.8 Å². The van der Waals surface area contributed by atoms with Crippen LogP contribution >= 0.6 is 0 Å². The minimum atomic E-state index is -0.327. The highest BCUT2D eigenvalue weighted by atomic mass is 16.6. The summed E-state index contributed by atoms with van der Waals surface area (Å²) in [5, 5.41) is 0. The van der Waals surface area contributed by atoms with Gasteiger partial charge in [-0.2, -0.15) is 0 Å². The summed E-state index contributed by atoms with van der Waals surface area (Å²) in [4.78, 5) is 0. The maximum absolute atomic E-state index is 6.86. The number of rotatable bonds is 4. The molecule has 4 fully saturated rings. The van der Waals surface area contributed by atoms with Crippen LogP contribution in [0.25, 0.3) is 11.1 Å². The van der Waals surface area contributed by atoms with Crippen LogP contribution in [0.4, 0.5) is 0 Å². The Hall–Kier alpha value is -1.74. The molecule has 2 nitrogen and oxygen atoms in total. The van der Waals surface area contributed by atoms with E-state index in [0.717, 1.165) is 23.5 Å². The zero-order valence-corrected chi connectivity index (χ0v) is 20.4. The van der Waals surface area contributed by atoms with Crippen molar-refractivity contribution in [1.29, 1.82) is 0 Å². The van der Waals surface area contributed by atoms with Crippen LogP contribution in [0.3, 0.4) is 0 Å². The van der Waals surface area contributed by atoms with Crippen molar-refractivity contribution >= 4 is 12.6 Å². The second kappa shape index (κ2) is 7.39. The normalized spacial score (nSPS) is 30.0. The lowest BCUT2D eigenvalue weighted by Crippen LogP contribution is -2.50. The van der Waals surface area contributed by atoms with Crippen molar-refractivity contribution in [3.63, 3.8) is 0 Å². The summed E-state index contributed by atoms with van der Waals surface area (Å²) < 4.78 is 13.2. The number of hydrogen-bond acceptors (Lipinski definition) is 2. The van der Waals surface area contributed by atoms with E-state index in [2.05, 4.69) is 65.0 Å². The highest BCUT2D eigenvalue weighted by molar-refractivity contribution is 6.64. The van der Waals surface area contributed by atoms with Crippen molar-refractivity contribution in [3.05, 3.63) is 47.0 Å². The first-order valence-corrected chi connectivity index (χ1v) is 12.9. The largest absolute Gasteiger partial charge is 0.563 e. The lowest BCUT2D eigenvalue weighted by atomic mass is 9.47. The maximum atomic E-state index is 6.86. The van der Waals surface area contributed by atoms with Crippen LogP contribution in [-0.4, -0.2) is 13.2 Å². The minimum Gasteiger partial charge on any atom is -0.532 e. The molecular weight excluding hydrogens is 391 g/mol. The van der Waals surface area contributed by atoms with Crippen LogP contribution in [0.5, 0.6) is 5.75 Å². The Kier molecular flexibility index (Phi) is 4.81. The zero-order chi connectivity index (χ0) is 22.2. The van der Waals surface area contributed by atoms with Crippen molar-refractivity contribution in [1.82, 2.24) is 0 Å². The summed E-state index contributed by atoms with van der Waals surface area (Å²) >= 11 is 0. The van der Waals surface area contributed by atoms with Gasteiger partial charge in [-0.05, 0) is 117 Å². The summed E-state index contributed by atoms with van der Waals surface area (Å²) in [5.74, 6) is 4.37. The number of aryl methyl sites for hydroxylation is 1. The number of hydrogen-bond donors (Lipinski definition) is 0. The predicted octanol–water partition coefficient (Wildman–Crippen LogP) is 6.77. The molecule has 0 spiro atoms. The second-order valence-corrected chi connectivity index (χ2v) is 12.0. The molecule has 0 N–H and O–H groups in total. The third-order valence-corrected chi connectivity index (χ3v) is 8.75. The maximum Gasteiger partial charge on any atom is 0.563 e. The monoisotopic (exact) mass is 428 g/mol. The molecule has 0 unspecified atom stereocenters. The SMILES string of the molecule is Cc1cc2c(c(C34CC5CC(CC(C5)C3)C4)c1)OB(OC(C)C)c1cc(C(C)C)ccc1-2. The number of benzene rings is 2. The van der Waals surface area contributed by atoms with Gasteiger partial charge < -0.3 is 9.31 Å². The van der Waals surface area contributed by atoms with Crippen LogP contribution < -0.4 is 10.1 Å². The average molecular weight is 428 g/mol. The molecule has 32 heavy (non-hydrogen) atoms. The van der Waals surface area contributed by atoms with E-state index in [-0.39, 0.29) is 13.2 Å². The first-order chi connectivity index (χ1) is 15.3. The first-order valence-electron chi connectivity index (χ1n) is 12.9. The van der Waals surface area contributed by atoms with E-state index in [1.165, 1.54) is 71.8 Å². The lowest BCUT2D eigenvalue weighted by Gasteiger charge is -2.57.